The molecule has 0 radical (unpaired) electrons. The number of hydrogen-bond acceptors (Lipinski definition) is 3. The molecule has 0 aliphatic heterocycles. The van der Waals surface area contributed by atoms with Gasteiger partial charge in [-0.15, -0.1) is 0 Å². The van der Waals surface area contributed by atoms with E-state index in [-0.39, 0.29) is 0 Å². The Kier molecular flexibility index (Phi) is 5.15. The Morgan fingerprint density at radius 3 is 2.47 bits per heavy atom. The highest BCUT2D eigenvalue weighted by molar-refractivity contribution is 5.28. The molecule has 1 atom stereocenters. The Morgan fingerprint density at radius 1 is 1.27 bits per heavy atom. The molecule has 0 heterocycles. The van der Waals surface area contributed by atoms with Crippen LogP contribution in [-0.2, 0) is 4.74 Å². The van der Waals surface area contributed by atoms with E-state index in [1.807, 2.05) is 26.1 Å². The molecule has 0 aromatic heterocycles. The molecule has 0 aliphatic rings. The summed E-state index contributed by atoms with van der Waals surface area (Å²) in [7, 11) is 1.95. The van der Waals surface area contributed by atoms with Crippen LogP contribution in [0.1, 0.15) is 25.5 Å². The topological polar surface area (TPSA) is 30.5 Å². The predicted octanol–water partition coefficient (Wildman–Crippen LogP) is 2.34. The van der Waals surface area contributed by atoms with Crippen molar-refractivity contribution in [1.82, 2.24) is 5.32 Å². The summed E-state index contributed by atoms with van der Waals surface area (Å²) in [5.74, 6) is 0.843. The second kappa shape index (κ2) is 6.43. The third kappa shape index (κ3) is 3.90. The van der Waals surface area contributed by atoms with Crippen LogP contribution >= 0.6 is 0 Å². The first-order valence-corrected chi connectivity index (χ1v) is 5.25. The van der Waals surface area contributed by atoms with Gasteiger partial charge in [0.15, 0.2) is 6.79 Å². The summed E-state index contributed by atoms with van der Waals surface area (Å²) in [5, 5.41) is 3.19. The van der Waals surface area contributed by atoms with E-state index in [4.69, 9.17) is 9.47 Å². The molecular weight excluding hydrogens is 190 g/mol. The molecule has 0 amide bonds. The first kappa shape index (κ1) is 12.0. The molecule has 3 nitrogen and oxygen atoms in total. The average Bonchev–Trinajstić information content (AvgIpc) is 2.29. The number of benzene rings is 1. The summed E-state index contributed by atoms with van der Waals surface area (Å²) >= 11 is 0. The van der Waals surface area contributed by atoms with Crippen molar-refractivity contribution >= 4 is 0 Å². The van der Waals surface area contributed by atoms with E-state index in [1.165, 1.54) is 5.56 Å². The molecule has 1 rings (SSSR count). The van der Waals surface area contributed by atoms with E-state index in [9.17, 15) is 0 Å². The first-order chi connectivity index (χ1) is 7.27. The van der Waals surface area contributed by atoms with E-state index in [2.05, 4.69) is 24.4 Å². The fraction of sp³-hybridized carbons (Fsp3) is 0.500. The van der Waals surface area contributed by atoms with E-state index >= 15 is 0 Å². The molecule has 3 heteroatoms. The molecule has 0 saturated carbocycles. The zero-order valence-electron chi connectivity index (χ0n) is 9.62. The molecule has 0 aliphatic carbocycles. The highest BCUT2D eigenvalue weighted by atomic mass is 16.7. The van der Waals surface area contributed by atoms with Crippen molar-refractivity contribution in [1.29, 1.82) is 0 Å². The molecule has 1 aromatic carbocycles. The van der Waals surface area contributed by atoms with E-state index < -0.39 is 0 Å². The Hall–Kier alpha value is -1.06. The maximum absolute atomic E-state index is 5.37. The van der Waals surface area contributed by atoms with E-state index in [1.54, 1.807) is 0 Å². The Labute approximate surface area is 91.4 Å². The van der Waals surface area contributed by atoms with Crippen molar-refractivity contribution < 1.29 is 9.47 Å². The van der Waals surface area contributed by atoms with Crippen molar-refractivity contribution in [2.24, 2.45) is 0 Å². The summed E-state index contributed by atoms with van der Waals surface area (Å²) in [6.07, 6.45) is 0. The lowest BCUT2D eigenvalue weighted by molar-refractivity contribution is 0.0224. The molecule has 0 saturated heterocycles. The summed E-state index contributed by atoms with van der Waals surface area (Å²) in [5.41, 5.74) is 1.25. The summed E-state index contributed by atoms with van der Waals surface area (Å²) in [4.78, 5) is 0. The Bertz CT molecular complexity index is 271. The molecule has 0 bridgehead atoms. The van der Waals surface area contributed by atoms with Crippen molar-refractivity contribution in [2.75, 3.05) is 20.4 Å². The minimum Gasteiger partial charge on any atom is -0.468 e. The van der Waals surface area contributed by atoms with Crippen LogP contribution in [0.25, 0.3) is 0 Å². The van der Waals surface area contributed by atoms with Gasteiger partial charge in [-0.05, 0) is 38.6 Å². The lowest BCUT2D eigenvalue weighted by atomic mass is 10.1. The largest absolute Gasteiger partial charge is 0.468 e. The monoisotopic (exact) mass is 209 g/mol. The highest BCUT2D eigenvalue weighted by Gasteiger charge is 2.01. The van der Waals surface area contributed by atoms with Crippen LogP contribution in [0.2, 0.25) is 0 Å². The average molecular weight is 209 g/mol. The van der Waals surface area contributed by atoms with Crippen molar-refractivity contribution in [3.63, 3.8) is 0 Å². The number of hydrogen-bond donors (Lipinski definition) is 1. The maximum atomic E-state index is 5.37. The SMILES string of the molecule is CCOCOc1ccc(C(C)NC)cc1. The van der Waals surface area contributed by atoms with E-state index in [0.29, 0.717) is 19.4 Å². The van der Waals surface area contributed by atoms with Crippen LogP contribution in [0.15, 0.2) is 24.3 Å². The normalized spacial score (nSPS) is 12.5. The third-order valence-corrected chi connectivity index (χ3v) is 2.33. The fourth-order valence-corrected chi connectivity index (χ4v) is 1.21. The molecule has 1 aromatic rings. The number of ether oxygens (including phenoxy) is 2. The minimum atomic E-state index is 0.317. The number of rotatable bonds is 6. The molecule has 0 spiro atoms. The van der Waals surface area contributed by atoms with E-state index in [0.717, 1.165) is 5.75 Å². The van der Waals surface area contributed by atoms with Gasteiger partial charge in [0.25, 0.3) is 0 Å². The maximum Gasteiger partial charge on any atom is 0.189 e. The van der Waals surface area contributed by atoms with Gasteiger partial charge in [0, 0.05) is 12.6 Å². The molecule has 15 heavy (non-hydrogen) atoms. The van der Waals surface area contributed by atoms with Gasteiger partial charge in [-0.1, -0.05) is 12.1 Å². The van der Waals surface area contributed by atoms with Crippen LogP contribution in [0, 0.1) is 0 Å². The molecule has 0 fully saturated rings. The van der Waals surface area contributed by atoms with Crippen LogP contribution in [-0.4, -0.2) is 20.4 Å². The molecule has 1 N–H and O–H groups in total. The first-order valence-electron chi connectivity index (χ1n) is 5.25. The Balaban J connectivity index is 2.49. The molecule has 1 unspecified atom stereocenters. The van der Waals surface area contributed by atoms with Gasteiger partial charge < -0.3 is 14.8 Å². The standard InChI is InChI=1S/C12H19NO2/c1-4-14-9-15-12-7-5-11(6-8-12)10(2)13-3/h5-8,10,13H,4,9H2,1-3H3. The van der Waals surface area contributed by atoms with Crippen LogP contribution in [0.5, 0.6) is 5.75 Å². The number of nitrogens with one attached hydrogen (secondary N) is 1. The second-order valence-corrected chi connectivity index (χ2v) is 3.33. The zero-order chi connectivity index (χ0) is 11.1. The van der Waals surface area contributed by atoms with Crippen LogP contribution in [0.3, 0.4) is 0 Å². The van der Waals surface area contributed by atoms with Crippen LogP contribution < -0.4 is 10.1 Å². The van der Waals surface area contributed by atoms with Gasteiger partial charge in [0.1, 0.15) is 5.75 Å². The van der Waals surface area contributed by atoms with Gasteiger partial charge in [0.05, 0.1) is 0 Å². The van der Waals surface area contributed by atoms with Gasteiger partial charge >= 0.3 is 0 Å². The lowest BCUT2D eigenvalue weighted by Gasteiger charge is -2.11. The molecular formula is C12H19NO2. The molecule has 84 valence electrons. The Morgan fingerprint density at radius 2 is 1.93 bits per heavy atom. The summed E-state index contributed by atoms with van der Waals surface area (Å²) in [6.45, 7) is 5.06. The van der Waals surface area contributed by atoms with Gasteiger partial charge in [-0.2, -0.15) is 0 Å². The predicted molar refractivity (Wildman–Crippen MR) is 61.0 cm³/mol. The highest BCUT2D eigenvalue weighted by Crippen LogP contribution is 2.17. The third-order valence-electron chi connectivity index (χ3n) is 2.33. The quantitative estimate of drug-likeness (QED) is 0.576. The second-order valence-electron chi connectivity index (χ2n) is 3.33. The van der Waals surface area contributed by atoms with Crippen molar-refractivity contribution in [3.05, 3.63) is 29.8 Å². The van der Waals surface area contributed by atoms with Crippen LogP contribution in [0.4, 0.5) is 0 Å². The lowest BCUT2D eigenvalue weighted by Crippen LogP contribution is -2.12. The van der Waals surface area contributed by atoms with Crippen molar-refractivity contribution in [2.45, 2.75) is 19.9 Å². The van der Waals surface area contributed by atoms with Gasteiger partial charge in [-0.3, -0.25) is 0 Å². The zero-order valence-corrected chi connectivity index (χ0v) is 9.62. The van der Waals surface area contributed by atoms with Crippen molar-refractivity contribution in [3.8, 4) is 5.75 Å². The van der Waals surface area contributed by atoms with Gasteiger partial charge in [-0.25, -0.2) is 0 Å². The summed E-state index contributed by atoms with van der Waals surface area (Å²) < 4.78 is 10.5. The smallest absolute Gasteiger partial charge is 0.189 e. The van der Waals surface area contributed by atoms with Gasteiger partial charge in [0.2, 0.25) is 0 Å². The fourth-order valence-electron chi connectivity index (χ4n) is 1.21. The summed E-state index contributed by atoms with van der Waals surface area (Å²) in [6, 6.07) is 8.40. The minimum absolute atomic E-state index is 0.317.